The van der Waals surface area contributed by atoms with Gasteiger partial charge in [-0.25, -0.2) is 37.9 Å². The second-order valence-corrected chi connectivity index (χ2v) is 6.30. The number of imidazole rings is 2. The Labute approximate surface area is 207 Å². The van der Waals surface area contributed by atoms with Crippen LogP contribution in [-0.2, 0) is 23.7 Å². The molecule has 0 fully saturated rings. The Kier molecular flexibility index (Phi) is 11.2. The minimum atomic E-state index is -1.26. The fourth-order valence-corrected chi connectivity index (χ4v) is 2.25. The van der Waals surface area contributed by atoms with Crippen molar-refractivity contribution >= 4 is 35.0 Å². The molecule has 38 heavy (non-hydrogen) atoms. The van der Waals surface area contributed by atoms with E-state index in [4.69, 9.17) is 21.7 Å². The quantitative estimate of drug-likeness (QED) is 0.175. The zero-order chi connectivity index (χ0) is 27.2. The molecule has 0 spiro atoms. The van der Waals surface area contributed by atoms with Gasteiger partial charge in [-0.15, -0.1) is 10.2 Å². The van der Waals surface area contributed by atoms with Gasteiger partial charge in [0.05, 0.1) is 0 Å². The first kappa shape index (κ1) is 32.1. The summed E-state index contributed by atoms with van der Waals surface area (Å²) in [5.74, 6) is -4.00. The summed E-state index contributed by atoms with van der Waals surface area (Å²) in [4.78, 5) is 70.9. The fraction of sp³-hybridized carbons (Fsp3) is 0.125. The van der Waals surface area contributed by atoms with Gasteiger partial charge in [0.25, 0.3) is 11.8 Å². The molecule has 0 aromatic carbocycles. The summed E-state index contributed by atoms with van der Waals surface area (Å²) in [5, 5.41) is 29.9. The van der Waals surface area contributed by atoms with E-state index in [0.29, 0.717) is 12.2 Å². The number of primary amides is 2. The maximum atomic E-state index is 11.4. The van der Waals surface area contributed by atoms with Crippen molar-refractivity contribution < 1.29 is 40.3 Å². The Morgan fingerprint density at radius 3 is 1.32 bits per heavy atom. The van der Waals surface area contributed by atoms with Gasteiger partial charge >= 0.3 is 23.3 Å². The zero-order valence-corrected chi connectivity index (χ0v) is 19.3. The maximum Gasteiger partial charge on any atom is 0.352 e. The van der Waals surface area contributed by atoms with Crippen LogP contribution in [0.4, 0.5) is 0 Å². The van der Waals surface area contributed by atoms with E-state index in [0.717, 1.165) is 18.2 Å². The van der Waals surface area contributed by atoms with E-state index in [-0.39, 0.29) is 33.6 Å². The van der Waals surface area contributed by atoms with Crippen molar-refractivity contribution in [3.8, 4) is 0 Å². The van der Waals surface area contributed by atoms with Gasteiger partial charge in [-0.1, -0.05) is 10.4 Å². The van der Waals surface area contributed by atoms with Crippen LogP contribution in [0.1, 0.15) is 21.0 Å². The van der Waals surface area contributed by atoms with Gasteiger partial charge in [0.2, 0.25) is 0 Å². The third-order valence-corrected chi connectivity index (χ3v) is 3.83. The molecule has 204 valence electrons. The van der Waals surface area contributed by atoms with Gasteiger partial charge in [0, 0.05) is 26.2 Å². The lowest BCUT2D eigenvalue weighted by Gasteiger charge is -1.95. The van der Waals surface area contributed by atoms with Crippen molar-refractivity contribution in [2.24, 2.45) is 25.6 Å². The van der Waals surface area contributed by atoms with Crippen molar-refractivity contribution in [1.29, 1.82) is 0 Å². The van der Waals surface area contributed by atoms with Crippen molar-refractivity contribution in [2.45, 2.75) is 0 Å². The second-order valence-electron chi connectivity index (χ2n) is 6.30. The minimum Gasteiger partial charge on any atom is -0.478 e. The van der Waals surface area contributed by atoms with E-state index >= 15 is 0 Å². The Morgan fingerprint density at radius 1 is 0.737 bits per heavy atom. The van der Waals surface area contributed by atoms with E-state index in [2.05, 4.69) is 30.6 Å². The number of carboxylic acids is 2. The summed E-state index contributed by atoms with van der Waals surface area (Å²) in [6.07, 6.45) is 3.49. The van der Waals surface area contributed by atoms with Crippen LogP contribution < -0.4 is 22.8 Å². The van der Waals surface area contributed by atoms with Crippen molar-refractivity contribution in [1.82, 2.24) is 48.8 Å². The van der Waals surface area contributed by atoms with Crippen molar-refractivity contribution in [2.75, 3.05) is 0 Å². The molecule has 0 aliphatic rings. The number of carbonyl (C=O) groups is 4. The van der Waals surface area contributed by atoms with Gasteiger partial charge < -0.3 is 32.6 Å². The summed E-state index contributed by atoms with van der Waals surface area (Å²) in [7, 11) is 2.89. The topological polar surface area (TPSA) is 354 Å². The molecule has 0 bridgehead atoms. The predicted octanol–water partition coefficient (Wildman–Crippen LogP) is -6.09. The Bertz CT molecular complexity index is 1510. The molecule has 4 heterocycles. The number of aliphatic carboxylic acids is 2. The standard InChI is InChI=1S/2C6H6N6O2.C4H4O4.2H2O/c2*1-11-6(14)12-2-8-3(4(7)13)5(12)9-10-11;5-3(6)1-2-4(7)8;;/h2*2H,1H3,(H2,7,13);1-2H,(H,5,6)(H,7,8);2*1H2/b;;2-1+;;. The number of hydrogen-bond acceptors (Lipinski definition) is 12. The molecule has 4 aromatic heterocycles. The Morgan fingerprint density at radius 2 is 1.05 bits per heavy atom. The molecule has 0 radical (unpaired) electrons. The second kappa shape index (κ2) is 13.3. The smallest absolute Gasteiger partial charge is 0.352 e. The predicted molar refractivity (Wildman–Crippen MR) is 121 cm³/mol. The molecule has 4 aromatic rings. The summed E-state index contributed by atoms with van der Waals surface area (Å²) in [6, 6.07) is 0. The van der Waals surface area contributed by atoms with Gasteiger partial charge in [-0.3, -0.25) is 9.59 Å². The van der Waals surface area contributed by atoms with Gasteiger partial charge in [-0.2, -0.15) is 9.36 Å². The normalized spacial score (nSPS) is 9.84. The number of rotatable bonds is 4. The number of nitrogens with zero attached hydrogens (tertiary/aromatic N) is 10. The van der Waals surface area contributed by atoms with Gasteiger partial charge in [0.15, 0.2) is 22.7 Å². The lowest BCUT2D eigenvalue weighted by atomic mass is 10.4. The van der Waals surface area contributed by atoms with Gasteiger partial charge in [-0.05, 0) is 0 Å². The summed E-state index contributed by atoms with van der Waals surface area (Å²) in [6.45, 7) is 0. The highest BCUT2D eigenvalue weighted by Gasteiger charge is 2.14. The zero-order valence-electron chi connectivity index (χ0n) is 19.3. The highest BCUT2D eigenvalue weighted by molar-refractivity contribution is 5.97. The first-order valence-electron chi connectivity index (χ1n) is 9.12. The van der Waals surface area contributed by atoms with Crippen LogP contribution in [0.2, 0.25) is 0 Å². The average molecular weight is 540 g/mol. The summed E-state index contributed by atoms with van der Waals surface area (Å²) < 4.78 is 4.26. The third-order valence-electron chi connectivity index (χ3n) is 3.83. The number of fused-ring (bicyclic) bond motifs is 2. The van der Waals surface area contributed by atoms with Crippen LogP contribution in [0.15, 0.2) is 34.4 Å². The van der Waals surface area contributed by atoms with Crippen LogP contribution in [0.5, 0.6) is 0 Å². The molecule has 0 aliphatic carbocycles. The van der Waals surface area contributed by atoms with Crippen LogP contribution in [-0.4, -0.2) is 93.7 Å². The number of carbonyl (C=O) groups excluding carboxylic acids is 2. The first-order chi connectivity index (χ1) is 16.8. The van der Waals surface area contributed by atoms with Crippen LogP contribution in [0.3, 0.4) is 0 Å². The molecule has 0 saturated heterocycles. The van der Waals surface area contributed by atoms with E-state index in [1.807, 2.05) is 0 Å². The van der Waals surface area contributed by atoms with Gasteiger partial charge in [0.1, 0.15) is 12.7 Å². The molecule has 22 nitrogen and oxygen atoms in total. The minimum absolute atomic E-state index is 0. The fourth-order valence-electron chi connectivity index (χ4n) is 2.25. The maximum absolute atomic E-state index is 11.4. The summed E-state index contributed by atoms with van der Waals surface area (Å²) in [5.41, 5.74) is 9.19. The molecule has 0 aliphatic heterocycles. The largest absolute Gasteiger partial charge is 0.478 e. The van der Waals surface area contributed by atoms with E-state index in [9.17, 15) is 28.8 Å². The number of carboxylic acid groups (broad SMARTS) is 2. The van der Waals surface area contributed by atoms with Crippen LogP contribution in [0.25, 0.3) is 11.3 Å². The molecule has 22 heteroatoms. The highest BCUT2D eigenvalue weighted by atomic mass is 16.4. The van der Waals surface area contributed by atoms with Crippen LogP contribution >= 0.6 is 0 Å². The van der Waals surface area contributed by atoms with Crippen molar-refractivity contribution in [3.63, 3.8) is 0 Å². The molecular formula is C16H20N12O10. The highest BCUT2D eigenvalue weighted by Crippen LogP contribution is 2.01. The number of hydrogen-bond donors (Lipinski definition) is 4. The third kappa shape index (κ3) is 7.30. The summed E-state index contributed by atoms with van der Waals surface area (Å²) >= 11 is 0. The molecule has 4 rings (SSSR count). The SMILES string of the molecule is Cn1nnc2c(C(N)=O)ncn2c1=O.Cn1nnc2c(C(N)=O)ncn2c1=O.O.O.O=C(O)/C=C/C(=O)O. The molecule has 10 N–H and O–H groups in total. The van der Waals surface area contributed by atoms with E-state index in [1.165, 1.54) is 26.7 Å². The molecule has 2 amide bonds. The molecule has 0 saturated carbocycles. The first-order valence-corrected chi connectivity index (χ1v) is 9.12. The van der Waals surface area contributed by atoms with E-state index in [1.54, 1.807) is 0 Å². The molecule has 0 unspecified atom stereocenters. The lowest BCUT2D eigenvalue weighted by Crippen LogP contribution is -2.27. The number of aromatic nitrogens is 10. The monoisotopic (exact) mass is 540 g/mol. The number of amides is 2. The van der Waals surface area contributed by atoms with Crippen molar-refractivity contribution in [3.05, 3.63) is 57.2 Å². The lowest BCUT2D eigenvalue weighted by molar-refractivity contribution is -0.134. The average Bonchev–Trinajstić information content (AvgIpc) is 3.43. The molecular weight excluding hydrogens is 520 g/mol. The van der Waals surface area contributed by atoms with Crippen LogP contribution in [0, 0.1) is 0 Å². The van der Waals surface area contributed by atoms with E-state index < -0.39 is 35.1 Å². The number of nitrogens with two attached hydrogens (primary N) is 2. The number of aryl methyl sites for hydroxylation is 2. The Balaban J connectivity index is 0.000000549. The Hall–Kier alpha value is -5.90. The molecule has 0 atom stereocenters.